The number of carbonyl (C=O) groups excluding carboxylic acids is 3. The van der Waals surface area contributed by atoms with E-state index in [1.165, 1.54) is 13.8 Å². The van der Waals surface area contributed by atoms with Crippen LogP contribution in [0.3, 0.4) is 0 Å². The van der Waals surface area contributed by atoms with Gasteiger partial charge in [0.2, 0.25) is 0 Å². The van der Waals surface area contributed by atoms with Crippen LogP contribution in [-0.2, 0) is 28.6 Å². The molecule has 94 valence electrons. The second-order valence-electron chi connectivity index (χ2n) is 3.45. The normalized spacial score (nSPS) is 23.1. The molecule has 0 fully saturated rings. The number of carbonyl (C=O) groups is 3. The zero-order valence-corrected chi connectivity index (χ0v) is 9.47. The SMILES string of the molecule is CC(=O)O[C@H]1COC=C(C(N)=O)[C@@H]1OC(C)=O. The minimum Gasteiger partial charge on any atom is -0.497 e. The fraction of sp³-hybridized carbons (Fsp3) is 0.500. The maximum absolute atomic E-state index is 11.1. The molecule has 0 radical (unpaired) electrons. The van der Waals surface area contributed by atoms with Gasteiger partial charge in [0.1, 0.15) is 6.61 Å². The average molecular weight is 243 g/mol. The van der Waals surface area contributed by atoms with Crippen molar-refractivity contribution in [3.05, 3.63) is 11.8 Å². The van der Waals surface area contributed by atoms with Gasteiger partial charge in [-0.2, -0.15) is 0 Å². The first-order valence-electron chi connectivity index (χ1n) is 4.87. The lowest BCUT2D eigenvalue weighted by atomic mass is 10.0. The molecule has 7 nitrogen and oxygen atoms in total. The third kappa shape index (κ3) is 3.47. The smallest absolute Gasteiger partial charge is 0.303 e. The Labute approximate surface area is 97.5 Å². The number of amides is 1. The van der Waals surface area contributed by atoms with Crippen LogP contribution in [0.4, 0.5) is 0 Å². The molecule has 0 aromatic carbocycles. The molecule has 1 aliphatic heterocycles. The Bertz CT molecular complexity index is 375. The van der Waals surface area contributed by atoms with E-state index >= 15 is 0 Å². The summed E-state index contributed by atoms with van der Waals surface area (Å²) in [6, 6.07) is 0. The predicted octanol–water partition coefficient (Wildman–Crippen LogP) is -0.751. The molecule has 0 aromatic rings. The predicted molar refractivity (Wildman–Crippen MR) is 54.3 cm³/mol. The van der Waals surface area contributed by atoms with E-state index in [0.717, 1.165) is 6.26 Å². The topological polar surface area (TPSA) is 105 Å². The van der Waals surface area contributed by atoms with Gasteiger partial charge in [0.05, 0.1) is 11.8 Å². The average Bonchev–Trinajstić information content (AvgIpc) is 2.18. The summed E-state index contributed by atoms with van der Waals surface area (Å²) in [7, 11) is 0. The molecule has 0 saturated carbocycles. The molecule has 0 spiro atoms. The fourth-order valence-electron chi connectivity index (χ4n) is 1.41. The monoisotopic (exact) mass is 243 g/mol. The summed E-state index contributed by atoms with van der Waals surface area (Å²) >= 11 is 0. The number of ether oxygens (including phenoxy) is 3. The number of rotatable bonds is 3. The molecular formula is C10H13NO6. The fourth-order valence-corrected chi connectivity index (χ4v) is 1.41. The van der Waals surface area contributed by atoms with Crippen molar-refractivity contribution in [1.82, 2.24) is 0 Å². The van der Waals surface area contributed by atoms with Crippen LogP contribution < -0.4 is 5.73 Å². The molecule has 2 N–H and O–H groups in total. The van der Waals surface area contributed by atoms with Crippen molar-refractivity contribution >= 4 is 17.8 Å². The summed E-state index contributed by atoms with van der Waals surface area (Å²) in [4.78, 5) is 32.9. The van der Waals surface area contributed by atoms with E-state index < -0.39 is 30.1 Å². The lowest BCUT2D eigenvalue weighted by molar-refractivity contribution is -0.168. The molecule has 2 atom stereocenters. The summed E-state index contributed by atoms with van der Waals surface area (Å²) in [5.74, 6) is -1.98. The van der Waals surface area contributed by atoms with E-state index in [2.05, 4.69) is 0 Å². The van der Waals surface area contributed by atoms with Gasteiger partial charge in [-0.25, -0.2) is 0 Å². The van der Waals surface area contributed by atoms with Crippen LogP contribution in [0.1, 0.15) is 13.8 Å². The van der Waals surface area contributed by atoms with Crippen molar-refractivity contribution in [3.8, 4) is 0 Å². The van der Waals surface area contributed by atoms with Crippen LogP contribution >= 0.6 is 0 Å². The van der Waals surface area contributed by atoms with Crippen LogP contribution in [-0.4, -0.2) is 36.7 Å². The van der Waals surface area contributed by atoms with Crippen LogP contribution in [0.15, 0.2) is 11.8 Å². The third-order valence-corrected chi connectivity index (χ3v) is 2.01. The highest BCUT2D eigenvalue weighted by Crippen LogP contribution is 2.20. The van der Waals surface area contributed by atoms with Crippen molar-refractivity contribution in [1.29, 1.82) is 0 Å². The number of primary amides is 1. The van der Waals surface area contributed by atoms with Gasteiger partial charge in [0, 0.05) is 13.8 Å². The Balaban J connectivity index is 2.91. The molecule has 1 heterocycles. The molecule has 0 unspecified atom stereocenters. The Hall–Kier alpha value is -2.05. The largest absolute Gasteiger partial charge is 0.497 e. The Kier molecular flexibility index (Phi) is 4.08. The molecule has 0 bridgehead atoms. The van der Waals surface area contributed by atoms with Crippen LogP contribution in [0, 0.1) is 0 Å². The quantitative estimate of drug-likeness (QED) is 0.654. The van der Waals surface area contributed by atoms with Gasteiger partial charge in [0.15, 0.2) is 12.2 Å². The van der Waals surface area contributed by atoms with Crippen molar-refractivity contribution < 1.29 is 28.6 Å². The molecule has 1 rings (SSSR count). The van der Waals surface area contributed by atoms with Crippen molar-refractivity contribution in [3.63, 3.8) is 0 Å². The Morgan fingerprint density at radius 2 is 1.88 bits per heavy atom. The zero-order chi connectivity index (χ0) is 13.0. The number of hydrogen-bond donors (Lipinski definition) is 1. The van der Waals surface area contributed by atoms with Crippen molar-refractivity contribution in [2.45, 2.75) is 26.1 Å². The van der Waals surface area contributed by atoms with E-state index in [1.54, 1.807) is 0 Å². The summed E-state index contributed by atoms with van der Waals surface area (Å²) in [6.07, 6.45) is -0.790. The van der Waals surface area contributed by atoms with Crippen LogP contribution in [0.2, 0.25) is 0 Å². The molecule has 1 aliphatic rings. The van der Waals surface area contributed by atoms with Gasteiger partial charge >= 0.3 is 11.9 Å². The summed E-state index contributed by atoms with van der Waals surface area (Å²) in [5.41, 5.74) is 5.06. The van der Waals surface area contributed by atoms with E-state index in [9.17, 15) is 14.4 Å². The summed E-state index contributed by atoms with van der Waals surface area (Å²) in [6.45, 7) is 2.38. The molecule has 17 heavy (non-hydrogen) atoms. The zero-order valence-electron chi connectivity index (χ0n) is 9.47. The van der Waals surface area contributed by atoms with Crippen LogP contribution in [0.5, 0.6) is 0 Å². The van der Waals surface area contributed by atoms with Gasteiger partial charge in [-0.05, 0) is 0 Å². The molecule has 7 heteroatoms. The summed E-state index contributed by atoms with van der Waals surface area (Å²) in [5, 5.41) is 0. The third-order valence-electron chi connectivity index (χ3n) is 2.01. The van der Waals surface area contributed by atoms with Gasteiger partial charge in [-0.3, -0.25) is 14.4 Å². The molecular weight excluding hydrogens is 230 g/mol. The second-order valence-corrected chi connectivity index (χ2v) is 3.45. The highest BCUT2D eigenvalue weighted by molar-refractivity contribution is 5.93. The first-order chi connectivity index (χ1) is 7.91. The maximum atomic E-state index is 11.1. The van der Waals surface area contributed by atoms with Crippen molar-refractivity contribution in [2.75, 3.05) is 6.61 Å². The highest BCUT2D eigenvalue weighted by atomic mass is 16.6. The first-order valence-corrected chi connectivity index (χ1v) is 4.87. The molecule has 0 saturated heterocycles. The summed E-state index contributed by atoms with van der Waals surface area (Å²) < 4.78 is 14.7. The van der Waals surface area contributed by atoms with Gasteiger partial charge < -0.3 is 19.9 Å². The lowest BCUT2D eigenvalue weighted by Crippen LogP contribution is -2.44. The van der Waals surface area contributed by atoms with Gasteiger partial charge in [0.25, 0.3) is 5.91 Å². The number of esters is 2. The van der Waals surface area contributed by atoms with Crippen LogP contribution in [0.25, 0.3) is 0 Å². The lowest BCUT2D eigenvalue weighted by Gasteiger charge is -2.29. The van der Waals surface area contributed by atoms with Gasteiger partial charge in [-0.15, -0.1) is 0 Å². The van der Waals surface area contributed by atoms with E-state index in [-0.39, 0.29) is 12.2 Å². The second kappa shape index (κ2) is 5.33. The van der Waals surface area contributed by atoms with E-state index in [0.29, 0.717) is 0 Å². The number of hydrogen-bond acceptors (Lipinski definition) is 6. The minimum atomic E-state index is -1.03. The Morgan fingerprint density at radius 3 is 2.35 bits per heavy atom. The highest BCUT2D eigenvalue weighted by Gasteiger charge is 2.36. The van der Waals surface area contributed by atoms with E-state index in [1.807, 2.05) is 0 Å². The number of nitrogens with two attached hydrogens (primary N) is 1. The van der Waals surface area contributed by atoms with E-state index in [4.69, 9.17) is 19.9 Å². The Morgan fingerprint density at radius 1 is 1.29 bits per heavy atom. The first kappa shape index (κ1) is 13.0. The molecule has 0 aliphatic carbocycles. The maximum Gasteiger partial charge on any atom is 0.303 e. The molecule has 0 aromatic heterocycles. The standard InChI is InChI=1S/C10H13NO6/c1-5(12)16-8-4-15-3-7(10(11)14)9(8)17-6(2)13/h3,8-9H,4H2,1-2H3,(H2,11,14)/t8-,9-/m0/s1. The molecule has 1 amide bonds. The minimum absolute atomic E-state index is 0.00565. The van der Waals surface area contributed by atoms with Crippen molar-refractivity contribution in [2.24, 2.45) is 5.73 Å². The van der Waals surface area contributed by atoms with Gasteiger partial charge in [-0.1, -0.05) is 0 Å².